The van der Waals surface area contributed by atoms with E-state index >= 15 is 0 Å². The number of nitrogens with zero attached hydrogens (tertiary/aromatic N) is 3. The number of piperazine rings is 1. The number of rotatable bonds is 6. The Balaban J connectivity index is 0.000000444. The summed E-state index contributed by atoms with van der Waals surface area (Å²) in [4.78, 5) is 53.8. The summed E-state index contributed by atoms with van der Waals surface area (Å²) in [5.74, 6) is -1.21. The zero-order chi connectivity index (χ0) is 32.6. The highest BCUT2D eigenvalue weighted by atomic mass is 16.4. The topological polar surface area (TPSA) is 169 Å². The fourth-order valence-electron chi connectivity index (χ4n) is 8.94. The number of pyridine rings is 1. The molecule has 1 aromatic rings. The molecule has 0 bridgehead atoms. The number of carbonyl (C=O) groups excluding carboxylic acids is 2. The summed E-state index contributed by atoms with van der Waals surface area (Å²) < 4.78 is 0. The fraction of sp³-hybridized carbons (Fsp3) is 0.559. The van der Waals surface area contributed by atoms with E-state index in [9.17, 15) is 29.4 Å². The summed E-state index contributed by atoms with van der Waals surface area (Å²) in [6.07, 6.45) is 11.1. The highest BCUT2D eigenvalue weighted by Gasteiger charge is 2.68. The van der Waals surface area contributed by atoms with E-state index in [-0.39, 0.29) is 41.3 Å². The SMILES string of the molecule is C[C@]12C=CC(=O)C=C1CCC1C2[C@H](O)C[C@@]2(C)C1CC[C@]2(O)C(=O)CN1CCN(c2ccccn2)CC1.O=C(O)/C=C/C(=O)O. The molecule has 1 aromatic heterocycles. The van der Waals surface area contributed by atoms with Crippen molar-refractivity contribution in [2.45, 2.75) is 57.7 Å². The van der Waals surface area contributed by atoms with Gasteiger partial charge in [0, 0.05) is 61.3 Å². The van der Waals surface area contributed by atoms with Crippen LogP contribution in [0.25, 0.3) is 0 Å². The Morgan fingerprint density at radius 2 is 1.73 bits per heavy atom. The van der Waals surface area contributed by atoms with E-state index in [1.807, 2.05) is 24.3 Å². The number of ketones is 2. The zero-order valence-corrected chi connectivity index (χ0v) is 25.8. The first-order chi connectivity index (χ1) is 21.3. The number of aromatic nitrogens is 1. The summed E-state index contributed by atoms with van der Waals surface area (Å²) in [6.45, 7) is 7.56. The lowest BCUT2D eigenvalue weighted by Gasteiger charge is -2.59. The number of carbonyl (C=O) groups is 4. The predicted octanol–water partition coefficient (Wildman–Crippen LogP) is 2.49. The first-order valence-electron chi connectivity index (χ1n) is 15.7. The number of carboxylic acids is 2. The molecule has 6 rings (SSSR count). The number of aliphatic hydroxyl groups is 2. The van der Waals surface area contributed by atoms with Crippen molar-refractivity contribution < 1.29 is 39.6 Å². The molecular formula is C34H43N3O8. The van der Waals surface area contributed by atoms with Gasteiger partial charge < -0.3 is 25.3 Å². The molecule has 0 aromatic carbocycles. The first kappa shape index (κ1) is 32.7. The minimum absolute atomic E-state index is 0.00653. The van der Waals surface area contributed by atoms with Gasteiger partial charge in [-0.2, -0.15) is 0 Å². The largest absolute Gasteiger partial charge is 0.478 e. The second kappa shape index (κ2) is 12.6. The van der Waals surface area contributed by atoms with Crippen LogP contribution in [0.5, 0.6) is 0 Å². The molecule has 11 nitrogen and oxygen atoms in total. The highest BCUT2D eigenvalue weighted by molar-refractivity contribution is 6.01. The maximum atomic E-state index is 13.8. The molecule has 3 unspecified atom stereocenters. The van der Waals surface area contributed by atoms with Gasteiger partial charge >= 0.3 is 11.9 Å². The van der Waals surface area contributed by atoms with E-state index in [4.69, 9.17) is 10.2 Å². The summed E-state index contributed by atoms with van der Waals surface area (Å²) in [5, 5.41) is 39.2. The Bertz CT molecular complexity index is 1400. The average molecular weight is 622 g/mol. The van der Waals surface area contributed by atoms with Crippen molar-refractivity contribution in [3.05, 3.63) is 60.3 Å². The van der Waals surface area contributed by atoms with Gasteiger partial charge in [-0.1, -0.05) is 31.6 Å². The van der Waals surface area contributed by atoms with Gasteiger partial charge in [0.15, 0.2) is 11.6 Å². The Labute approximate surface area is 262 Å². The van der Waals surface area contributed by atoms with Gasteiger partial charge in [-0.05, 0) is 68.2 Å². The fourth-order valence-corrected chi connectivity index (χ4v) is 8.94. The smallest absolute Gasteiger partial charge is 0.328 e. The summed E-state index contributed by atoms with van der Waals surface area (Å²) in [5.41, 5.74) is -1.28. The van der Waals surface area contributed by atoms with E-state index in [2.05, 4.69) is 28.6 Å². The van der Waals surface area contributed by atoms with Crippen molar-refractivity contribution in [2.75, 3.05) is 37.6 Å². The third-order valence-electron chi connectivity index (χ3n) is 11.2. The second-order valence-corrected chi connectivity index (χ2v) is 13.5. The molecule has 11 heteroatoms. The molecule has 1 saturated heterocycles. The number of anilines is 1. The molecule has 3 saturated carbocycles. The zero-order valence-electron chi connectivity index (χ0n) is 25.8. The number of aliphatic carboxylic acids is 2. The van der Waals surface area contributed by atoms with Crippen molar-refractivity contribution in [3.63, 3.8) is 0 Å². The average Bonchev–Trinajstić information content (AvgIpc) is 3.28. The molecule has 45 heavy (non-hydrogen) atoms. The molecule has 242 valence electrons. The Morgan fingerprint density at radius 3 is 2.36 bits per heavy atom. The third kappa shape index (κ3) is 6.13. The molecular weight excluding hydrogens is 578 g/mol. The van der Waals surface area contributed by atoms with E-state index in [1.165, 1.54) is 0 Å². The van der Waals surface area contributed by atoms with Crippen LogP contribution in [0.1, 0.15) is 46.0 Å². The van der Waals surface area contributed by atoms with Crippen molar-refractivity contribution in [3.8, 4) is 0 Å². The molecule has 0 spiro atoms. The maximum Gasteiger partial charge on any atom is 0.328 e. The molecule has 5 aliphatic rings. The van der Waals surface area contributed by atoms with Crippen molar-refractivity contribution >= 4 is 29.3 Å². The number of hydrogen-bond donors (Lipinski definition) is 4. The van der Waals surface area contributed by atoms with Crippen molar-refractivity contribution in [1.29, 1.82) is 0 Å². The van der Waals surface area contributed by atoms with Crippen LogP contribution in [-0.2, 0) is 19.2 Å². The number of aliphatic hydroxyl groups excluding tert-OH is 1. The minimum atomic E-state index is -1.42. The van der Waals surface area contributed by atoms with E-state index in [0.29, 0.717) is 25.0 Å². The quantitative estimate of drug-likeness (QED) is 0.345. The van der Waals surface area contributed by atoms with Crippen LogP contribution in [0.3, 0.4) is 0 Å². The summed E-state index contributed by atoms with van der Waals surface area (Å²) in [7, 11) is 0. The number of hydrogen-bond acceptors (Lipinski definition) is 9. The number of carboxylic acid groups (broad SMARTS) is 2. The van der Waals surface area contributed by atoms with E-state index < -0.39 is 29.1 Å². The Hall–Kier alpha value is -3.67. The third-order valence-corrected chi connectivity index (χ3v) is 11.2. The number of Topliss-reactive ketones (excluding diaryl/α,β-unsaturated/α-hetero) is 1. The van der Waals surface area contributed by atoms with Crippen LogP contribution in [0, 0.1) is 28.6 Å². The van der Waals surface area contributed by atoms with Gasteiger partial charge in [-0.25, -0.2) is 14.6 Å². The first-order valence-corrected chi connectivity index (χ1v) is 15.7. The highest BCUT2D eigenvalue weighted by Crippen LogP contribution is 2.67. The molecule has 4 N–H and O–H groups in total. The van der Waals surface area contributed by atoms with Crippen molar-refractivity contribution in [1.82, 2.24) is 9.88 Å². The van der Waals surface area contributed by atoms with E-state index in [0.717, 1.165) is 56.8 Å². The van der Waals surface area contributed by atoms with Gasteiger partial charge in [0.1, 0.15) is 11.4 Å². The maximum absolute atomic E-state index is 13.8. The summed E-state index contributed by atoms with van der Waals surface area (Å²) >= 11 is 0. The van der Waals surface area contributed by atoms with Crippen molar-refractivity contribution in [2.24, 2.45) is 28.6 Å². The monoisotopic (exact) mass is 621 g/mol. The van der Waals surface area contributed by atoms with Gasteiger partial charge in [0.05, 0.1) is 12.6 Å². The molecule has 7 atom stereocenters. The van der Waals surface area contributed by atoms with Crippen LogP contribution >= 0.6 is 0 Å². The lowest BCUT2D eigenvalue weighted by Crippen LogP contribution is -2.62. The normalized spacial score (nSPS) is 35.9. The minimum Gasteiger partial charge on any atom is -0.478 e. The summed E-state index contributed by atoms with van der Waals surface area (Å²) in [6, 6.07) is 5.91. The van der Waals surface area contributed by atoms with Gasteiger partial charge in [0.2, 0.25) is 0 Å². The number of fused-ring (bicyclic) bond motifs is 5. The van der Waals surface area contributed by atoms with Gasteiger partial charge in [-0.3, -0.25) is 14.5 Å². The van der Waals surface area contributed by atoms with Crippen LogP contribution in [0.4, 0.5) is 5.82 Å². The molecule has 4 fully saturated rings. The second-order valence-electron chi connectivity index (χ2n) is 13.5. The van der Waals surface area contributed by atoms with Crippen LogP contribution in [-0.4, -0.2) is 98.2 Å². The molecule has 1 aliphatic heterocycles. The van der Waals surface area contributed by atoms with Gasteiger partial charge in [0.25, 0.3) is 0 Å². The van der Waals surface area contributed by atoms with E-state index in [1.54, 1.807) is 18.3 Å². The molecule has 0 radical (unpaired) electrons. The molecule has 0 amide bonds. The number of allylic oxidation sites excluding steroid dienone is 4. The lowest BCUT2D eigenvalue weighted by molar-refractivity contribution is -0.177. The van der Waals surface area contributed by atoms with Crippen LogP contribution in [0.2, 0.25) is 0 Å². The standard InChI is InChI=1S/C30H39N3O4.C4H4O4/c1-28-10-8-21(34)17-20(28)6-7-22-23-9-11-30(37,29(23,2)18-24(35)27(22)28)25(36)19-32-13-15-33(16-14-32)26-5-3-4-12-31-26;5-3(6)1-2-4(7)8/h3-5,8,10,12,17,22-24,27,35,37H,6-7,9,11,13-16,18-19H2,1-2H3;1-2H,(H,5,6)(H,7,8)/b;2-1+/t22?,23?,24-,27?,28+,29+,30+;/m1./s1. The Morgan fingerprint density at radius 1 is 1.04 bits per heavy atom. The lowest BCUT2D eigenvalue weighted by atomic mass is 9.46. The van der Waals surface area contributed by atoms with Crippen LogP contribution in [0.15, 0.2) is 60.3 Å². The van der Waals surface area contributed by atoms with Crippen LogP contribution < -0.4 is 4.90 Å². The molecule has 4 aliphatic carbocycles. The Kier molecular flexibility index (Phi) is 9.17. The molecule has 2 heterocycles. The van der Waals surface area contributed by atoms with Gasteiger partial charge in [-0.15, -0.1) is 0 Å². The predicted molar refractivity (Wildman–Crippen MR) is 165 cm³/mol.